The molecule has 0 N–H and O–H groups in total. The minimum absolute atomic E-state index is 0.00406. The third kappa shape index (κ3) is 4.85. The van der Waals surface area contributed by atoms with Gasteiger partial charge in [-0.15, -0.1) is 0 Å². The number of carbonyl (C=O) groups excluding carboxylic acids is 1. The molecule has 0 fully saturated rings. The summed E-state index contributed by atoms with van der Waals surface area (Å²) in [5.74, 6) is -0.00406. The second-order valence-corrected chi connectivity index (χ2v) is 9.24. The van der Waals surface area contributed by atoms with Gasteiger partial charge in [0.15, 0.2) is 5.78 Å². The maximum atomic E-state index is 12.8. The smallest absolute Gasteiger partial charge is 0.185 e. The van der Waals surface area contributed by atoms with E-state index < -0.39 is 0 Å². The summed E-state index contributed by atoms with van der Waals surface area (Å²) < 4.78 is 0. The fourth-order valence-corrected chi connectivity index (χ4v) is 4.84. The van der Waals surface area contributed by atoms with Crippen molar-refractivity contribution in [1.29, 1.82) is 0 Å². The third-order valence-electron chi connectivity index (χ3n) is 6.82. The molecule has 37 heavy (non-hydrogen) atoms. The van der Waals surface area contributed by atoms with Gasteiger partial charge in [0.25, 0.3) is 0 Å². The molecule has 6 rings (SSSR count). The lowest BCUT2D eigenvalue weighted by atomic mass is 9.98. The zero-order chi connectivity index (χ0) is 25.0. The number of rotatable bonds is 6. The topological polar surface area (TPSA) is 32.7 Å². The highest BCUT2D eigenvalue weighted by Gasteiger charge is 2.29. The highest BCUT2D eigenvalue weighted by Crippen LogP contribution is 2.36. The van der Waals surface area contributed by atoms with Crippen LogP contribution >= 0.6 is 0 Å². The molecule has 0 radical (unpaired) electrons. The van der Waals surface area contributed by atoms with Crippen molar-refractivity contribution in [2.75, 3.05) is 5.01 Å². The monoisotopic (exact) mass is 478 g/mol. The molecule has 0 saturated carbocycles. The van der Waals surface area contributed by atoms with Crippen LogP contribution in [0.25, 0.3) is 16.8 Å². The summed E-state index contributed by atoms with van der Waals surface area (Å²) in [5.41, 5.74) is 6.16. The van der Waals surface area contributed by atoms with E-state index in [4.69, 9.17) is 5.10 Å². The SMILES string of the molecule is O=C(C=Cc1ccc(N2N=C(c3ccccc3)CC2c2ccccc2)cc1)c1ccc2ccccc2c1. The van der Waals surface area contributed by atoms with Crippen molar-refractivity contribution >= 4 is 34.0 Å². The van der Waals surface area contributed by atoms with Crippen molar-refractivity contribution in [3.8, 4) is 0 Å². The van der Waals surface area contributed by atoms with E-state index in [2.05, 4.69) is 71.7 Å². The van der Waals surface area contributed by atoms with Gasteiger partial charge in [-0.1, -0.05) is 115 Å². The molecule has 0 bridgehead atoms. The van der Waals surface area contributed by atoms with Crippen LogP contribution in [0.2, 0.25) is 0 Å². The zero-order valence-corrected chi connectivity index (χ0v) is 20.4. The number of ketones is 1. The van der Waals surface area contributed by atoms with Crippen LogP contribution in [-0.4, -0.2) is 11.5 Å². The molecular weight excluding hydrogens is 452 g/mol. The van der Waals surface area contributed by atoms with Crippen molar-refractivity contribution in [1.82, 2.24) is 0 Å². The van der Waals surface area contributed by atoms with Crippen LogP contribution in [0.3, 0.4) is 0 Å². The minimum atomic E-state index is -0.00406. The van der Waals surface area contributed by atoms with E-state index >= 15 is 0 Å². The van der Waals surface area contributed by atoms with Gasteiger partial charge in [-0.05, 0) is 51.7 Å². The Kier molecular flexibility index (Phi) is 6.18. The normalized spacial score (nSPS) is 15.3. The Hall–Kier alpha value is -4.76. The number of allylic oxidation sites excluding steroid dienone is 1. The van der Waals surface area contributed by atoms with Crippen molar-refractivity contribution in [2.24, 2.45) is 5.10 Å². The van der Waals surface area contributed by atoms with Gasteiger partial charge in [0, 0.05) is 12.0 Å². The molecule has 3 heteroatoms. The molecule has 0 amide bonds. The van der Waals surface area contributed by atoms with Gasteiger partial charge in [0.2, 0.25) is 0 Å². The van der Waals surface area contributed by atoms with Crippen LogP contribution in [0.4, 0.5) is 5.69 Å². The predicted molar refractivity (Wildman–Crippen MR) is 153 cm³/mol. The Morgan fingerprint density at radius 1 is 0.730 bits per heavy atom. The largest absolute Gasteiger partial charge is 0.289 e. The molecule has 5 aromatic carbocycles. The molecule has 1 aliphatic heterocycles. The first-order valence-electron chi connectivity index (χ1n) is 12.5. The van der Waals surface area contributed by atoms with Gasteiger partial charge < -0.3 is 0 Å². The quantitative estimate of drug-likeness (QED) is 0.182. The van der Waals surface area contributed by atoms with Crippen molar-refractivity contribution in [3.05, 3.63) is 156 Å². The van der Waals surface area contributed by atoms with Crippen LogP contribution in [-0.2, 0) is 0 Å². The summed E-state index contributed by atoms with van der Waals surface area (Å²) in [6.45, 7) is 0. The standard InChI is InChI=1S/C34H26N2O/c37-34(30-19-18-26-9-7-8-14-29(26)23-30)22-17-25-15-20-31(21-16-25)36-33(28-12-5-2-6-13-28)24-32(35-36)27-10-3-1-4-11-27/h1-23,33H,24H2. The average molecular weight is 479 g/mol. The number of fused-ring (bicyclic) bond motifs is 1. The van der Waals surface area contributed by atoms with E-state index in [1.54, 1.807) is 6.08 Å². The van der Waals surface area contributed by atoms with Crippen LogP contribution in [0.1, 0.15) is 39.5 Å². The van der Waals surface area contributed by atoms with E-state index in [0.717, 1.165) is 39.7 Å². The molecule has 178 valence electrons. The Morgan fingerprint density at radius 3 is 2.16 bits per heavy atom. The maximum Gasteiger partial charge on any atom is 0.185 e. The molecule has 5 aromatic rings. The molecule has 1 heterocycles. The van der Waals surface area contributed by atoms with Gasteiger partial charge in [-0.25, -0.2) is 0 Å². The number of hydrogen-bond donors (Lipinski definition) is 0. The molecule has 1 atom stereocenters. The fourth-order valence-electron chi connectivity index (χ4n) is 4.84. The molecule has 0 aromatic heterocycles. The van der Waals surface area contributed by atoms with E-state index in [9.17, 15) is 4.79 Å². The molecule has 0 spiro atoms. The second kappa shape index (κ2) is 10.1. The lowest BCUT2D eigenvalue weighted by Gasteiger charge is -2.24. The Bertz CT molecular complexity index is 1600. The fraction of sp³-hybridized carbons (Fsp3) is 0.0588. The highest BCUT2D eigenvalue weighted by molar-refractivity contribution is 6.08. The molecule has 3 nitrogen and oxygen atoms in total. The Labute approximate surface area is 217 Å². The van der Waals surface area contributed by atoms with E-state index in [0.29, 0.717) is 5.56 Å². The van der Waals surface area contributed by atoms with Gasteiger partial charge >= 0.3 is 0 Å². The lowest BCUT2D eigenvalue weighted by Crippen LogP contribution is -2.18. The first-order valence-corrected chi connectivity index (χ1v) is 12.5. The zero-order valence-electron chi connectivity index (χ0n) is 20.4. The van der Waals surface area contributed by atoms with Gasteiger partial charge in [-0.3, -0.25) is 9.80 Å². The molecule has 0 saturated heterocycles. The number of nitrogens with zero attached hydrogens (tertiary/aromatic N) is 2. The lowest BCUT2D eigenvalue weighted by molar-refractivity contribution is 0.104. The second-order valence-electron chi connectivity index (χ2n) is 9.24. The van der Waals surface area contributed by atoms with Crippen LogP contribution in [0.5, 0.6) is 0 Å². The first-order chi connectivity index (χ1) is 18.2. The van der Waals surface area contributed by atoms with E-state index in [1.807, 2.05) is 66.7 Å². The number of hydrazone groups is 1. The van der Waals surface area contributed by atoms with Crippen molar-refractivity contribution in [3.63, 3.8) is 0 Å². The predicted octanol–water partition coefficient (Wildman–Crippen LogP) is 8.09. The van der Waals surface area contributed by atoms with Crippen molar-refractivity contribution in [2.45, 2.75) is 12.5 Å². The maximum absolute atomic E-state index is 12.8. The minimum Gasteiger partial charge on any atom is -0.289 e. The van der Waals surface area contributed by atoms with E-state index in [-0.39, 0.29) is 11.8 Å². The number of benzene rings is 5. The summed E-state index contributed by atoms with van der Waals surface area (Å²) >= 11 is 0. The van der Waals surface area contributed by atoms with Crippen LogP contribution in [0, 0.1) is 0 Å². The summed E-state index contributed by atoms with van der Waals surface area (Å²) in [6, 6.07) is 43.2. The first kappa shape index (κ1) is 22.7. The number of carbonyl (C=O) groups is 1. The summed E-state index contributed by atoms with van der Waals surface area (Å²) in [7, 11) is 0. The Morgan fingerprint density at radius 2 is 1.41 bits per heavy atom. The van der Waals surface area contributed by atoms with Gasteiger partial charge in [-0.2, -0.15) is 5.10 Å². The summed E-state index contributed by atoms with van der Waals surface area (Å²) in [6.07, 6.45) is 4.36. The number of hydrogen-bond acceptors (Lipinski definition) is 3. The summed E-state index contributed by atoms with van der Waals surface area (Å²) in [5, 5.41) is 9.35. The van der Waals surface area contributed by atoms with E-state index in [1.165, 1.54) is 5.56 Å². The van der Waals surface area contributed by atoms with Crippen LogP contribution < -0.4 is 5.01 Å². The van der Waals surface area contributed by atoms with Crippen LogP contribution in [0.15, 0.2) is 139 Å². The number of anilines is 1. The van der Waals surface area contributed by atoms with Gasteiger partial charge in [0.1, 0.15) is 0 Å². The molecule has 1 aliphatic rings. The molecular formula is C34H26N2O. The highest BCUT2D eigenvalue weighted by atomic mass is 16.1. The average Bonchev–Trinajstić information content (AvgIpc) is 3.42. The molecule has 1 unspecified atom stereocenters. The van der Waals surface area contributed by atoms with Gasteiger partial charge in [0.05, 0.1) is 17.4 Å². The van der Waals surface area contributed by atoms with Crippen molar-refractivity contribution < 1.29 is 4.79 Å². The Balaban J connectivity index is 1.24. The summed E-state index contributed by atoms with van der Waals surface area (Å²) in [4.78, 5) is 12.8. The molecule has 0 aliphatic carbocycles. The third-order valence-corrected chi connectivity index (χ3v) is 6.82.